The smallest absolute Gasteiger partial charge is 0.361 e. The van der Waals surface area contributed by atoms with E-state index in [0.717, 1.165) is 48.0 Å². The molecule has 158 valence electrons. The zero-order chi connectivity index (χ0) is 21.5. The summed E-state index contributed by atoms with van der Waals surface area (Å²) in [5.74, 6) is 0. The molecule has 9 heteroatoms. The van der Waals surface area contributed by atoms with Gasteiger partial charge in [0.05, 0.1) is 10.5 Å². The Morgan fingerprint density at radius 3 is 2.73 bits per heavy atom. The maximum absolute atomic E-state index is 12.9. The van der Waals surface area contributed by atoms with Crippen LogP contribution in [0.25, 0.3) is 10.9 Å². The zero-order valence-corrected chi connectivity index (χ0v) is 16.3. The van der Waals surface area contributed by atoms with Crippen LogP contribution in [0.1, 0.15) is 24.0 Å². The third-order valence-corrected chi connectivity index (χ3v) is 5.70. The fraction of sp³-hybridized carbons (Fsp3) is 0.333. The Bertz CT molecular complexity index is 1090. The van der Waals surface area contributed by atoms with E-state index in [2.05, 4.69) is 22.2 Å². The number of hydrogen-bond acceptors (Lipinski definition) is 4. The highest BCUT2D eigenvalue weighted by atomic mass is 19.4. The van der Waals surface area contributed by atoms with Gasteiger partial charge in [-0.1, -0.05) is 0 Å². The highest BCUT2D eigenvalue weighted by Crippen LogP contribution is 2.36. The lowest BCUT2D eigenvalue weighted by Crippen LogP contribution is -2.26. The summed E-state index contributed by atoms with van der Waals surface area (Å²) in [5, 5.41) is 15.2. The Hall–Kier alpha value is -3.07. The summed E-state index contributed by atoms with van der Waals surface area (Å²) in [4.78, 5) is 16.1. The molecule has 6 nitrogen and oxygen atoms in total. The van der Waals surface area contributed by atoms with Gasteiger partial charge < -0.3 is 15.2 Å². The van der Waals surface area contributed by atoms with Gasteiger partial charge in [-0.3, -0.25) is 10.1 Å². The minimum atomic E-state index is -4.64. The molecular formula is C21H21F3N4O2. The van der Waals surface area contributed by atoms with Gasteiger partial charge in [0, 0.05) is 34.9 Å². The third kappa shape index (κ3) is 3.97. The zero-order valence-electron chi connectivity index (χ0n) is 16.3. The molecule has 2 heterocycles. The maximum atomic E-state index is 12.9. The van der Waals surface area contributed by atoms with Crippen molar-refractivity contribution >= 4 is 28.0 Å². The van der Waals surface area contributed by atoms with Crippen molar-refractivity contribution in [2.75, 3.05) is 18.9 Å². The fourth-order valence-electron chi connectivity index (χ4n) is 4.04. The second kappa shape index (κ2) is 7.64. The molecule has 2 N–H and O–H groups in total. The second-order valence-electron chi connectivity index (χ2n) is 7.67. The minimum Gasteiger partial charge on any atom is -0.361 e. The van der Waals surface area contributed by atoms with E-state index in [-0.39, 0.29) is 5.69 Å². The lowest BCUT2D eigenvalue weighted by atomic mass is 10.0. The van der Waals surface area contributed by atoms with Crippen LogP contribution in [0.5, 0.6) is 0 Å². The third-order valence-electron chi connectivity index (χ3n) is 5.70. The Balaban J connectivity index is 1.64. The van der Waals surface area contributed by atoms with Gasteiger partial charge in [-0.2, -0.15) is 13.2 Å². The van der Waals surface area contributed by atoms with E-state index >= 15 is 0 Å². The van der Waals surface area contributed by atoms with Gasteiger partial charge in [0.15, 0.2) is 0 Å². The highest BCUT2D eigenvalue weighted by Gasteiger charge is 2.33. The highest BCUT2D eigenvalue weighted by molar-refractivity contribution is 5.88. The molecule has 1 aliphatic rings. The normalized spacial score (nSPS) is 17.5. The standard InChI is InChI=1S/C21H21F3N4O2/c1-27-8-2-3-16(27)9-13-12-25-18-7-5-15(11-17(13)18)26-19-6-4-14(21(22,23)24)10-20(19)28(29)30/h4-7,10-12,16,25-26H,2-3,8-9H2,1H3/t16-/m1/s1. The molecule has 1 aromatic heterocycles. The summed E-state index contributed by atoms with van der Waals surface area (Å²) in [5.41, 5.74) is 1.01. The first kappa shape index (κ1) is 20.2. The van der Waals surface area contributed by atoms with E-state index < -0.39 is 22.4 Å². The molecule has 2 aromatic carbocycles. The number of nitrogens with one attached hydrogen (secondary N) is 2. The van der Waals surface area contributed by atoms with Gasteiger partial charge in [-0.05, 0) is 68.8 Å². The van der Waals surface area contributed by atoms with Gasteiger partial charge in [0.2, 0.25) is 0 Å². The molecule has 1 atom stereocenters. The molecule has 0 spiro atoms. The van der Waals surface area contributed by atoms with E-state index in [1.165, 1.54) is 6.42 Å². The fourth-order valence-corrected chi connectivity index (χ4v) is 4.04. The summed E-state index contributed by atoms with van der Waals surface area (Å²) in [6.45, 7) is 1.08. The summed E-state index contributed by atoms with van der Waals surface area (Å²) in [6, 6.07) is 8.43. The van der Waals surface area contributed by atoms with Crippen LogP contribution in [-0.4, -0.2) is 34.4 Å². The minimum absolute atomic E-state index is 0.0139. The van der Waals surface area contributed by atoms with Crippen molar-refractivity contribution in [2.45, 2.75) is 31.5 Å². The number of H-pyrrole nitrogens is 1. The average molecular weight is 418 g/mol. The number of halogens is 3. The van der Waals surface area contributed by atoms with Crippen LogP contribution in [0.3, 0.4) is 0 Å². The molecule has 0 unspecified atom stereocenters. The topological polar surface area (TPSA) is 74.2 Å². The van der Waals surface area contributed by atoms with Crippen molar-refractivity contribution in [1.82, 2.24) is 9.88 Å². The SMILES string of the molecule is CN1CCC[C@@H]1Cc1c[nH]c2ccc(Nc3ccc(C(F)(F)F)cc3[N+](=O)[O-])cc12. The molecule has 30 heavy (non-hydrogen) atoms. The number of nitro benzene ring substituents is 1. The van der Waals surface area contributed by atoms with Crippen LogP contribution in [0, 0.1) is 10.1 Å². The number of rotatable bonds is 5. The molecule has 0 aliphatic carbocycles. The number of anilines is 2. The van der Waals surface area contributed by atoms with Crippen molar-refractivity contribution in [1.29, 1.82) is 0 Å². The van der Waals surface area contributed by atoms with Crippen LogP contribution in [0.15, 0.2) is 42.6 Å². The van der Waals surface area contributed by atoms with Crippen LogP contribution < -0.4 is 5.32 Å². The maximum Gasteiger partial charge on any atom is 0.416 e. The van der Waals surface area contributed by atoms with E-state index in [1.54, 1.807) is 6.07 Å². The summed E-state index contributed by atoms with van der Waals surface area (Å²) in [7, 11) is 2.11. The Morgan fingerprint density at radius 2 is 2.07 bits per heavy atom. The van der Waals surface area contributed by atoms with Gasteiger partial charge in [-0.25, -0.2) is 0 Å². The number of likely N-dealkylation sites (N-methyl/N-ethyl adjacent to an activating group) is 1. The first-order valence-electron chi connectivity index (χ1n) is 9.65. The van der Waals surface area contributed by atoms with Gasteiger partial charge in [0.25, 0.3) is 5.69 Å². The molecule has 0 radical (unpaired) electrons. The van der Waals surface area contributed by atoms with Crippen LogP contribution in [0.4, 0.5) is 30.2 Å². The molecule has 0 bridgehead atoms. The first-order valence-corrected chi connectivity index (χ1v) is 9.65. The van der Waals surface area contributed by atoms with E-state index in [0.29, 0.717) is 17.8 Å². The molecule has 1 aliphatic heterocycles. The molecule has 0 saturated carbocycles. The predicted octanol–water partition coefficient (Wildman–Crippen LogP) is 5.48. The number of aromatic nitrogens is 1. The van der Waals surface area contributed by atoms with Gasteiger partial charge >= 0.3 is 6.18 Å². The average Bonchev–Trinajstić information content (AvgIpc) is 3.27. The Morgan fingerprint density at radius 1 is 1.27 bits per heavy atom. The number of fused-ring (bicyclic) bond motifs is 1. The lowest BCUT2D eigenvalue weighted by molar-refractivity contribution is -0.384. The van der Waals surface area contributed by atoms with E-state index in [4.69, 9.17) is 0 Å². The predicted molar refractivity (Wildman–Crippen MR) is 109 cm³/mol. The summed E-state index contributed by atoms with van der Waals surface area (Å²) >= 11 is 0. The van der Waals surface area contributed by atoms with Crippen molar-refractivity contribution in [3.05, 3.63) is 63.8 Å². The van der Waals surface area contributed by atoms with Crippen LogP contribution >= 0.6 is 0 Å². The molecule has 4 rings (SSSR count). The van der Waals surface area contributed by atoms with E-state index in [1.807, 2.05) is 18.3 Å². The van der Waals surface area contributed by atoms with Crippen molar-refractivity contribution < 1.29 is 18.1 Å². The van der Waals surface area contributed by atoms with Gasteiger partial charge in [-0.15, -0.1) is 0 Å². The monoisotopic (exact) mass is 418 g/mol. The molecular weight excluding hydrogens is 397 g/mol. The summed E-state index contributed by atoms with van der Waals surface area (Å²) in [6.07, 6.45) is 0.532. The number of likely N-dealkylation sites (tertiary alicyclic amines) is 1. The van der Waals surface area contributed by atoms with Crippen LogP contribution in [-0.2, 0) is 12.6 Å². The number of alkyl halides is 3. The summed E-state index contributed by atoms with van der Waals surface area (Å²) < 4.78 is 38.8. The molecule has 1 saturated heterocycles. The van der Waals surface area contributed by atoms with E-state index in [9.17, 15) is 23.3 Å². The lowest BCUT2D eigenvalue weighted by Gasteiger charge is -2.18. The number of hydrogen-bond donors (Lipinski definition) is 2. The Labute approximate surface area is 170 Å². The number of nitro groups is 1. The second-order valence-corrected chi connectivity index (χ2v) is 7.67. The molecule has 1 fully saturated rings. The first-order chi connectivity index (χ1) is 14.2. The van der Waals surface area contributed by atoms with Crippen LogP contribution in [0.2, 0.25) is 0 Å². The van der Waals surface area contributed by atoms with Crippen molar-refractivity contribution in [3.63, 3.8) is 0 Å². The Kier molecular flexibility index (Phi) is 5.15. The largest absolute Gasteiger partial charge is 0.416 e. The van der Waals surface area contributed by atoms with Crippen molar-refractivity contribution in [3.8, 4) is 0 Å². The quantitative estimate of drug-likeness (QED) is 0.425. The molecule has 3 aromatic rings. The number of aromatic amines is 1. The number of benzene rings is 2. The molecule has 0 amide bonds. The van der Waals surface area contributed by atoms with Gasteiger partial charge in [0.1, 0.15) is 5.69 Å². The van der Waals surface area contributed by atoms with Crippen molar-refractivity contribution in [2.24, 2.45) is 0 Å². The number of nitrogens with zero attached hydrogens (tertiary/aromatic N) is 2.